The molecule has 2 heterocycles. The molecule has 0 fully saturated rings. The van der Waals surface area contributed by atoms with E-state index in [4.69, 9.17) is 12.2 Å². The lowest BCUT2D eigenvalue weighted by atomic mass is 10.2. The second-order valence-electron chi connectivity index (χ2n) is 6.25. The summed E-state index contributed by atoms with van der Waals surface area (Å²) in [5.74, 6) is 0.0873. The number of halogens is 1. The van der Waals surface area contributed by atoms with Crippen molar-refractivity contribution in [1.82, 2.24) is 24.7 Å². The van der Waals surface area contributed by atoms with Crippen LogP contribution in [0.15, 0.2) is 59.7 Å². The summed E-state index contributed by atoms with van der Waals surface area (Å²) in [5.41, 5.74) is 4.24. The molecule has 1 N–H and O–H groups in total. The first-order valence-corrected chi connectivity index (χ1v) is 9.05. The largest absolute Gasteiger partial charge is 0.250 e. The van der Waals surface area contributed by atoms with Crippen LogP contribution >= 0.6 is 12.2 Å². The maximum atomic E-state index is 13.6. The van der Waals surface area contributed by atoms with Gasteiger partial charge in [-0.3, -0.25) is 0 Å². The topological polar surface area (TPSA) is 63.8 Å². The standard InChI is InChI=1S/C20H17FN6S/c1-13-18(14(2)26(25-13)17-9-4-3-5-10-17)12-22-27-19(23-24-20(27)28)15-7-6-8-16(21)11-15/h3-12H,1-2H3,(H,24,28)/b22-12-. The van der Waals surface area contributed by atoms with Crippen LogP contribution in [-0.4, -0.2) is 30.9 Å². The van der Waals surface area contributed by atoms with Gasteiger partial charge in [-0.05, 0) is 50.3 Å². The summed E-state index contributed by atoms with van der Waals surface area (Å²) in [6.07, 6.45) is 1.70. The average Bonchev–Trinajstić information content (AvgIpc) is 3.20. The molecule has 0 amide bonds. The Kier molecular flexibility index (Phi) is 4.70. The third-order valence-corrected chi connectivity index (χ3v) is 4.65. The van der Waals surface area contributed by atoms with Gasteiger partial charge in [0.25, 0.3) is 0 Å². The molecule has 0 aliphatic carbocycles. The Labute approximate surface area is 166 Å². The van der Waals surface area contributed by atoms with Crippen molar-refractivity contribution in [2.24, 2.45) is 5.10 Å². The van der Waals surface area contributed by atoms with Gasteiger partial charge in [0.15, 0.2) is 5.82 Å². The normalized spacial score (nSPS) is 11.4. The molecule has 0 spiro atoms. The van der Waals surface area contributed by atoms with Crippen LogP contribution in [0.2, 0.25) is 0 Å². The quantitative estimate of drug-likeness (QED) is 0.413. The SMILES string of the molecule is Cc1nn(-c2ccccc2)c(C)c1/C=N\n1c(-c2cccc(F)c2)n[nH]c1=S. The number of nitrogens with zero attached hydrogens (tertiary/aromatic N) is 5. The molecule has 28 heavy (non-hydrogen) atoms. The molecule has 4 rings (SSSR count). The van der Waals surface area contributed by atoms with Crippen molar-refractivity contribution in [3.8, 4) is 17.1 Å². The first kappa shape index (κ1) is 18.0. The van der Waals surface area contributed by atoms with E-state index < -0.39 is 0 Å². The number of rotatable bonds is 4. The minimum atomic E-state index is -0.349. The van der Waals surface area contributed by atoms with E-state index in [0.717, 1.165) is 22.6 Å². The zero-order valence-corrected chi connectivity index (χ0v) is 16.1. The molecule has 2 aromatic carbocycles. The van der Waals surface area contributed by atoms with Crippen LogP contribution in [0.25, 0.3) is 17.1 Å². The third-order valence-electron chi connectivity index (χ3n) is 4.38. The fourth-order valence-electron chi connectivity index (χ4n) is 2.99. The second kappa shape index (κ2) is 7.32. The molecule has 0 bridgehead atoms. The van der Waals surface area contributed by atoms with Gasteiger partial charge in [-0.2, -0.15) is 20.0 Å². The lowest BCUT2D eigenvalue weighted by Gasteiger charge is -2.04. The van der Waals surface area contributed by atoms with Crippen LogP contribution in [-0.2, 0) is 0 Å². The monoisotopic (exact) mass is 392 g/mol. The molecule has 8 heteroatoms. The molecule has 6 nitrogen and oxygen atoms in total. The highest BCUT2D eigenvalue weighted by Gasteiger charge is 2.13. The molecule has 0 aliphatic heterocycles. The van der Waals surface area contributed by atoms with Gasteiger partial charge >= 0.3 is 0 Å². The number of benzene rings is 2. The van der Waals surface area contributed by atoms with Gasteiger partial charge in [-0.25, -0.2) is 14.2 Å². The van der Waals surface area contributed by atoms with Crippen LogP contribution in [0.3, 0.4) is 0 Å². The van der Waals surface area contributed by atoms with Crippen molar-refractivity contribution < 1.29 is 4.39 Å². The number of aromatic nitrogens is 5. The molecule has 2 aromatic heterocycles. The summed E-state index contributed by atoms with van der Waals surface area (Å²) in [4.78, 5) is 0. The smallest absolute Gasteiger partial charge is 0.216 e. The Bertz CT molecular complexity index is 1220. The Morgan fingerprint density at radius 3 is 2.64 bits per heavy atom. The van der Waals surface area contributed by atoms with Crippen molar-refractivity contribution in [1.29, 1.82) is 0 Å². The maximum Gasteiger partial charge on any atom is 0.216 e. The van der Waals surface area contributed by atoms with Crippen molar-refractivity contribution in [2.75, 3.05) is 0 Å². The number of hydrogen-bond acceptors (Lipinski definition) is 4. The lowest BCUT2D eigenvalue weighted by molar-refractivity contribution is 0.628. The number of H-pyrrole nitrogens is 1. The van der Waals surface area contributed by atoms with E-state index in [0.29, 0.717) is 16.2 Å². The Morgan fingerprint density at radius 1 is 1.11 bits per heavy atom. The third kappa shape index (κ3) is 3.29. The van der Waals surface area contributed by atoms with Gasteiger partial charge in [-0.1, -0.05) is 30.3 Å². The molecule has 0 saturated heterocycles. The summed E-state index contributed by atoms with van der Waals surface area (Å²) >= 11 is 5.29. The van der Waals surface area contributed by atoms with Crippen LogP contribution in [0.1, 0.15) is 17.0 Å². The fraction of sp³-hybridized carbons (Fsp3) is 0.100. The van der Waals surface area contributed by atoms with Gasteiger partial charge in [0.1, 0.15) is 5.82 Å². The summed E-state index contributed by atoms with van der Waals surface area (Å²) in [6.45, 7) is 3.91. The molecular weight excluding hydrogens is 375 g/mol. The van der Waals surface area contributed by atoms with Crippen LogP contribution in [0, 0.1) is 24.4 Å². The highest BCUT2D eigenvalue weighted by Crippen LogP contribution is 2.19. The number of hydrogen-bond donors (Lipinski definition) is 1. The van der Waals surface area contributed by atoms with Gasteiger partial charge in [0.05, 0.1) is 23.3 Å². The van der Waals surface area contributed by atoms with Gasteiger partial charge in [-0.15, -0.1) is 0 Å². The van der Waals surface area contributed by atoms with Crippen LogP contribution in [0.4, 0.5) is 4.39 Å². The molecule has 140 valence electrons. The molecule has 0 atom stereocenters. The highest BCUT2D eigenvalue weighted by molar-refractivity contribution is 7.71. The lowest BCUT2D eigenvalue weighted by Crippen LogP contribution is -1.99. The molecule has 4 aromatic rings. The second-order valence-corrected chi connectivity index (χ2v) is 6.64. The molecular formula is C20H17FN6S. The summed E-state index contributed by atoms with van der Waals surface area (Å²) in [7, 11) is 0. The van der Waals surface area contributed by atoms with Crippen molar-refractivity contribution in [2.45, 2.75) is 13.8 Å². The zero-order chi connectivity index (χ0) is 19.7. The minimum Gasteiger partial charge on any atom is -0.250 e. The predicted octanol–water partition coefficient (Wildman–Crippen LogP) is 4.43. The first-order valence-electron chi connectivity index (χ1n) is 8.64. The van der Waals surface area contributed by atoms with E-state index in [1.54, 1.807) is 18.3 Å². The van der Waals surface area contributed by atoms with Gasteiger partial charge in [0.2, 0.25) is 4.77 Å². The maximum absolute atomic E-state index is 13.6. The predicted molar refractivity (Wildman–Crippen MR) is 109 cm³/mol. The molecule has 0 aliphatic rings. The van der Waals surface area contributed by atoms with E-state index in [9.17, 15) is 4.39 Å². The number of aromatic amines is 1. The summed E-state index contributed by atoms with van der Waals surface area (Å²) in [6, 6.07) is 16.0. The van der Waals surface area contributed by atoms with E-state index in [1.807, 2.05) is 48.9 Å². The van der Waals surface area contributed by atoms with Crippen molar-refractivity contribution >= 4 is 18.4 Å². The minimum absolute atomic E-state index is 0.321. The van der Waals surface area contributed by atoms with Crippen molar-refractivity contribution in [3.05, 3.63) is 82.1 Å². The van der Waals surface area contributed by atoms with E-state index in [1.165, 1.54) is 16.8 Å². The molecule has 0 unspecified atom stereocenters. The summed E-state index contributed by atoms with van der Waals surface area (Å²) < 4.78 is 17.3. The highest BCUT2D eigenvalue weighted by atomic mass is 32.1. The van der Waals surface area contributed by atoms with Gasteiger partial charge in [0, 0.05) is 11.1 Å². The zero-order valence-electron chi connectivity index (χ0n) is 15.3. The number of nitrogens with one attached hydrogen (secondary N) is 1. The summed E-state index contributed by atoms with van der Waals surface area (Å²) in [5, 5.41) is 16.0. The van der Waals surface area contributed by atoms with Gasteiger partial charge < -0.3 is 0 Å². The number of para-hydroxylation sites is 1. The fourth-order valence-corrected chi connectivity index (χ4v) is 3.17. The van der Waals surface area contributed by atoms with E-state index in [-0.39, 0.29) is 5.82 Å². The Balaban J connectivity index is 1.75. The Morgan fingerprint density at radius 2 is 1.89 bits per heavy atom. The molecule has 0 radical (unpaired) electrons. The average molecular weight is 392 g/mol. The van der Waals surface area contributed by atoms with Crippen molar-refractivity contribution in [3.63, 3.8) is 0 Å². The van der Waals surface area contributed by atoms with Crippen LogP contribution < -0.4 is 0 Å². The van der Waals surface area contributed by atoms with Crippen LogP contribution in [0.5, 0.6) is 0 Å². The Hall–Kier alpha value is -3.39. The van der Waals surface area contributed by atoms with E-state index >= 15 is 0 Å². The molecule has 0 saturated carbocycles. The van der Waals surface area contributed by atoms with E-state index in [2.05, 4.69) is 20.4 Å². The first-order chi connectivity index (χ1) is 13.5. The number of aryl methyl sites for hydroxylation is 1.